The van der Waals surface area contributed by atoms with E-state index in [1.165, 1.54) is 0 Å². The summed E-state index contributed by atoms with van der Waals surface area (Å²) in [6.45, 7) is 2.83. The van der Waals surface area contributed by atoms with Crippen LogP contribution >= 0.6 is 12.4 Å². The molecule has 13 heavy (non-hydrogen) atoms. The van der Waals surface area contributed by atoms with Gasteiger partial charge >= 0.3 is 0 Å². The first kappa shape index (κ1) is 10.8. The Balaban J connectivity index is 0.000000845. The van der Waals surface area contributed by atoms with E-state index in [0.29, 0.717) is 6.54 Å². The number of morpholine rings is 1. The van der Waals surface area contributed by atoms with Gasteiger partial charge in [-0.3, -0.25) is 4.79 Å². The van der Waals surface area contributed by atoms with E-state index in [9.17, 15) is 4.79 Å². The summed E-state index contributed by atoms with van der Waals surface area (Å²) in [4.78, 5) is 10.8. The van der Waals surface area contributed by atoms with Gasteiger partial charge in [0.25, 0.3) is 0 Å². The molecule has 1 amide bonds. The Morgan fingerprint density at radius 1 is 1.38 bits per heavy atom. The van der Waals surface area contributed by atoms with Gasteiger partial charge in [-0.25, -0.2) is 0 Å². The lowest BCUT2D eigenvalue weighted by atomic mass is 9.93. The van der Waals surface area contributed by atoms with E-state index in [1.54, 1.807) is 0 Å². The van der Waals surface area contributed by atoms with Crippen molar-refractivity contribution in [3.05, 3.63) is 0 Å². The van der Waals surface area contributed by atoms with Gasteiger partial charge in [-0.05, 0) is 19.4 Å². The molecule has 1 atom stereocenters. The summed E-state index contributed by atoms with van der Waals surface area (Å²) in [7, 11) is 0. The lowest BCUT2D eigenvalue weighted by molar-refractivity contribution is -0.145. The zero-order valence-electron chi connectivity index (χ0n) is 7.47. The summed E-state index contributed by atoms with van der Waals surface area (Å²) < 4.78 is 5.54. The maximum absolute atomic E-state index is 10.8. The first-order valence-electron chi connectivity index (χ1n) is 4.42. The molecule has 0 bridgehead atoms. The number of hydrogen-bond acceptors (Lipinski definition) is 3. The number of ether oxygens (including phenoxy) is 1. The third kappa shape index (κ3) is 2.33. The lowest BCUT2D eigenvalue weighted by Crippen LogP contribution is -2.59. The molecule has 0 aromatic rings. The van der Waals surface area contributed by atoms with Crippen molar-refractivity contribution >= 4 is 18.3 Å². The number of amides is 1. The highest BCUT2D eigenvalue weighted by Crippen LogP contribution is 2.21. The summed E-state index contributed by atoms with van der Waals surface area (Å²) >= 11 is 0. The highest BCUT2D eigenvalue weighted by atomic mass is 35.5. The van der Waals surface area contributed by atoms with Gasteiger partial charge < -0.3 is 15.4 Å². The summed E-state index contributed by atoms with van der Waals surface area (Å²) in [5.74, 6) is 0.00574. The van der Waals surface area contributed by atoms with Crippen LogP contribution in [-0.4, -0.2) is 37.7 Å². The first-order chi connectivity index (χ1) is 5.81. The molecule has 0 aromatic carbocycles. The fourth-order valence-electron chi connectivity index (χ4n) is 1.79. The zero-order chi connectivity index (χ0) is 8.44. The van der Waals surface area contributed by atoms with Crippen LogP contribution in [0.3, 0.4) is 0 Å². The highest BCUT2D eigenvalue weighted by molar-refractivity contribution is 5.85. The van der Waals surface area contributed by atoms with Crippen LogP contribution in [0.4, 0.5) is 0 Å². The van der Waals surface area contributed by atoms with Gasteiger partial charge in [-0.1, -0.05) is 0 Å². The van der Waals surface area contributed by atoms with Gasteiger partial charge in [0.05, 0.1) is 5.60 Å². The number of carbonyl (C=O) groups excluding carboxylic acids is 1. The van der Waals surface area contributed by atoms with Crippen molar-refractivity contribution in [2.75, 3.05) is 26.2 Å². The van der Waals surface area contributed by atoms with Gasteiger partial charge in [0.15, 0.2) is 0 Å². The average Bonchev–Trinajstić information content (AvgIpc) is 2.13. The number of rotatable bonds is 0. The fourth-order valence-corrected chi connectivity index (χ4v) is 1.79. The second-order valence-electron chi connectivity index (χ2n) is 3.53. The van der Waals surface area contributed by atoms with Gasteiger partial charge in [0, 0.05) is 13.1 Å². The monoisotopic (exact) mass is 206 g/mol. The molecule has 2 rings (SSSR count). The van der Waals surface area contributed by atoms with Gasteiger partial charge in [0.1, 0.15) is 6.61 Å². The van der Waals surface area contributed by atoms with Gasteiger partial charge in [-0.2, -0.15) is 0 Å². The minimum atomic E-state index is -0.105. The molecule has 0 aliphatic carbocycles. The molecule has 0 saturated carbocycles. The van der Waals surface area contributed by atoms with E-state index in [-0.39, 0.29) is 30.5 Å². The average molecular weight is 207 g/mol. The van der Waals surface area contributed by atoms with Crippen LogP contribution in [-0.2, 0) is 9.53 Å². The Morgan fingerprint density at radius 2 is 2.23 bits per heavy atom. The number of hydrogen-bond donors (Lipinski definition) is 2. The second-order valence-corrected chi connectivity index (χ2v) is 3.53. The molecule has 0 radical (unpaired) electrons. The first-order valence-corrected chi connectivity index (χ1v) is 4.42. The standard InChI is InChI=1S/C8H14N2O2.ClH/c11-7-4-12-8(6-10-7)2-1-3-9-5-8;/h9H,1-6H2,(H,10,11);1H. The van der Waals surface area contributed by atoms with E-state index in [0.717, 1.165) is 25.9 Å². The molecule has 2 heterocycles. The molecule has 5 heteroatoms. The molecular formula is C8H15ClN2O2. The van der Waals surface area contributed by atoms with Crippen molar-refractivity contribution in [2.24, 2.45) is 0 Å². The molecule has 76 valence electrons. The SMILES string of the molecule is Cl.O=C1COC2(CCCNC2)CN1. The quantitative estimate of drug-likeness (QED) is 0.571. The van der Waals surface area contributed by atoms with E-state index >= 15 is 0 Å². The van der Waals surface area contributed by atoms with Crippen molar-refractivity contribution in [1.29, 1.82) is 0 Å². The Kier molecular flexibility index (Phi) is 3.53. The summed E-state index contributed by atoms with van der Waals surface area (Å²) in [6.07, 6.45) is 2.19. The van der Waals surface area contributed by atoms with Crippen LogP contribution in [0.15, 0.2) is 0 Å². The fraction of sp³-hybridized carbons (Fsp3) is 0.875. The largest absolute Gasteiger partial charge is 0.362 e. The molecule has 2 aliphatic rings. The van der Waals surface area contributed by atoms with Crippen LogP contribution in [0.1, 0.15) is 12.8 Å². The van der Waals surface area contributed by atoms with E-state index < -0.39 is 0 Å². The summed E-state index contributed by atoms with van der Waals surface area (Å²) in [6, 6.07) is 0. The summed E-state index contributed by atoms with van der Waals surface area (Å²) in [5, 5.41) is 6.12. The molecule has 2 aliphatic heterocycles. The maximum Gasteiger partial charge on any atom is 0.246 e. The second kappa shape index (κ2) is 4.26. The number of piperidine rings is 1. The molecule has 4 nitrogen and oxygen atoms in total. The van der Waals surface area contributed by atoms with E-state index in [4.69, 9.17) is 4.74 Å². The minimum Gasteiger partial charge on any atom is -0.362 e. The molecule has 1 spiro atoms. The van der Waals surface area contributed by atoms with Crippen molar-refractivity contribution in [3.8, 4) is 0 Å². The molecule has 2 fully saturated rings. The normalized spacial score (nSPS) is 33.7. The van der Waals surface area contributed by atoms with Crippen molar-refractivity contribution in [2.45, 2.75) is 18.4 Å². The Labute approximate surface area is 83.8 Å². The Hall–Kier alpha value is -0.320. The summed E-state index contributed by atoms with van der Waals surface area (Å²) in [5.41, 5.74) is -0.105. The van der Waals surface area contributed by atoms with Crippen molar-refractivity contribution in [3.63, 3.8) is 0 Å². The Bertz CT molecular complexity index is 181. The van der Waals surface area contributed by atoms with Crippen LogP contribution in [0.25, 0.3) is 0 Å². The topological polar surface area (TPSA) is 50.4 Å². The smallest absolute Gasteiger partial charge is 0.246 e. The predicted octanol–water partition coefficient (Wildman–Crippen LogP) is -0.323. The van der Waals surface area contributed by atoms with Gasteiger partial charge in [0.2, 0.25) is 5.91 Å². The van der Waals surface area contributed by atoms with Gasteiger partial charge in [-0.15, -0.1) is 12.4 Å². The number of nitrogens with one attached hydrogen (secondary N) is 2. The number of halogens is 1. The Morgan fingerprint density at radius 3 is 2.77 bits per heavy atom. The number of carbonyl (C=O) groups is 1. The molecular weight excluding hydrogens is 192 g/mol. The van der Waals surface area contributed by atoms with Crippen molar-refractivity contribution in [1.82, 2.24) is 10.6 Å². The van der Waals surface area contributed by atoms with Crippen molar-refractivity contribution < 1.29 is 9.53 Å². The van der Waals surface area contributed by atoms with Crippen LogP contribution in [0.2, 0.25) is 0 Å². The lowest BCUT2D eigenvalue weighted by Gasteiger charge is -2.40. The van der Waals surface area contributed by atoms with E-state index in [1.807, 2.05) is 0 Å². The minimum absolute atomic E-state index is 0. The van der Waals surface area contributed by atoms with Crippen LogP contribution in [0, 0.1) is 0 Å². The highest BCUT2D eigenvalue weighted by Gasteiger charge is 2.36. The predicted molar refractivity (Wildman–Crippen MR) is 51.0 cm³/mol. The molecule has 2 saturated heterocycles. The molecule has 1 unspecified atom stereocenters. The third-order valence-electron chi connectivity index (χ3n) is 2.55. The van der Waals surface area contributed by atoms with Crippen LogP contribution < -0.4 is 10.6 Å². The zero-order valence-corrected chi connectivity index (χ0v) is 8.28. The molecule has 2 N–H and O–H groups in total. The van der Waals surface area contributed by atoms with Crippen LogP contribution in [0.5, 0.6) is 0 Å². The van der Waals surface area contributed by atoms with E-state index in [2.05, 4.69) is 10.6 Å². The molecule has 0 aromatic heterocycles. The maximum atomic E-state index is 10.8. The third-order valence-corrected chi connectivity index (χ3v) is 2.55.